The van der Waals surface area contributed by atoms with Gasteiger partial charge < -0.3 is 29.2 Å². The van der Waals surface area contributed by atoms with Crippen LogP contribution in [0.5, 0.6) is 11.8 Å². The summed E-state index contributed by atoms with van der Waals surface area (Å²) in [5.41, 5.74) is 2.37. The quantitative estimate of drug-likeness (QED) is 0.0599. The Bertz CT molecular complexity index is 3250. The van der Waals surface area contributed by atoms with Crippen molar-refractivity contribution in [2.24, 2.45) is 11.8 Å². The van der Waals surface area contributed by atoms with Crippen LogP contribution in [0.2, 0.25) is 5.02 Å². The number of hydrogen-bond donors (Lipinski definition) is 4. The van der Waals surface area contributed by atoms with Gasteiger partial charge in [0.25, 0.3) is 11.8 Å². The third-order valence-electron chi connectivity index (χ3n) is 16.6. The number of nitrogens with one attached hydrogen (secondary N) is 4. The predicted octanol–water partition coefficient (Wildman–Crippen LogP) is 10.4. The van der Waals surface area contributed by atoms with Gasteiger partial charge in [-0.3, -0.25) is 39.6 Å². The van der Waals surface area contributed by atoms with Gasteiger partial charge in [-0.25, -0.2) is 33.1 Å². The molecule has 0 atom stereocenters. The van der Waals surface area contributed by atoms with Gasteiger partial charge in [0, 0.05) is 77.9 Å². The van der Waals surface area contributed by atoms with Crippen LogP contribution >= 0.6 is 11.6 Å². The van der Waals surface area contributed by atoms with E-state index in [2.05, 4.69) is 41.0 Å². The largest absolute Gasteiger partial charge is 0.476 e. The lowest BCUT2D eigenvalue weighted by molar-refractivity contribution is -0.127. The second kappa shape index (κ2) is 26.2. The predicted molar refractivity (Wildman–Crippen MR) is 307 cm³/mol. The van der Waals surface area contributed by atoms with Crippen molar-refractivity contribution in [3.8, 4) is 11.8 Å². The van der Waals surface area contributed by atoms with Gasteiger partial charge in [0.2, 0.25) is 35.5 Å². The number of halogens is 4. The fourth-order valence-corrected chi connectivity index (χ4v) is 12.5. The highest BCUT2D eigenvalue weighted by molar-refractivity contribution is 6.31. The fourth-order valence-electron chi connectivity index (χ4n) is 12.3. The molecule has 22 heteroatoms. The molecular formula is C60H74ClF3N12O6. The highest BCUT2D eigenvalue weighted by Crippen LogP contribution is 2.40. The SMILES string of the molecule is CC(C)NC(=O)C1CCC(n2c(NC(=O)c3cc(F)c(C4CCN(CCOc5cc6c(cn5)nc(NC(=O)c5ccc(F)c(Cl)c5)n6C5CCC(C(=O)NC(C)C)CC5)CC4)c(F)c3)nc3cnc(OCCN4CCCCC4)cc32)CC1. The van der Waals surface area contributed by atoms with E-state index in [1.807, 2.05) is 42.9 Å². The number of rotatable bonds is 19. The molecule has 4 N–H and O–H groups in total. The maximum absolute atomic E-state index is 16.2. The van der Waals surface area contributed by atoms with Crippen LogP contribution in [0.25, 0.3) is 22.1 Å². The second-order valence-corrected chi connectivity index (χ2v) is 23.5. The minimum absolute atomic E-state index is 0.0258. The fraction of sp³-hybridized carbons (Fsp3) is 0.533. The van der Waals surface area contributed by atoms with E-state index in [-0.39, 0.29) is 88.0 Å². The molecule has 2 saturated heterocycles. The third-order valence-corrected chi connectivity index (χ3v) is 16.9. The summed E-state index contributed by atoms with van der Waals surface area (Å²) < 4.78 is 62.6. The molecule has 0 spiro atoms. The molecule has 0 bridgehead atoms. The minimum atomic E-state index is -0.790. The number of ether oxygens (including phenoxy) is 2. The van der Waals surface area contributed by atoms with E-state index in [1.165, 1.54) is 31.4 Å². The summed E-state index contributed by atoms with van der Waals surface area (Å²) in [7, 11) is 0. The summed E-state index contributed by atoms with van der Waals surface area (Å²) in [5, 5.41) is 11.6. The first-order valence-electron chi connectivity index (χ1n) is 29.2. The Morgan fingerprint density at radius 1 is 0.585 bits per heavy atom. The summed E-state index contributed by atoms with van der Waals surface area (Å²) >= 11 is 6.01. The summed E-state index contributed by atoms with van der Waals surface area (Å²) in [6, 6.07) is 9.37. The average Bonchev–Trinajstić information content (AvgIpc) is 4.21. The summed E-state index contributed by atoms with van der Waals surface area (Å²) in [6.45, 7) is 13.0. The monoisotopic (exact) mass is 1150 g/mol. The molecule has 0 radical (unpaired) electrons. The van der Waals surface area contributed by atoms with Crippen LogP contribution in [-0.2, 0) is 9.59 Å². The van der Waals surface area contributed by atoms with Crippen molar-refractivity contribution in [2.45, 2.75) is 141 Å². The van der Waals surface area contributed by atoms with Gasteiger partial charge in [-0.05, 0) is 167 Å². The number of likely N-dealkylation sites (tertiary alicyclic amines) is 2. The first kappa shape index (κ1) is 58.4. The minimum Gasteiger partial charge on any atom is -0.476 e. The Hall–Kier alpha value is -6.84. The topological polar surface area (TPSA) is 203 Å². The van der Waals surface area contributed by atoms with E-state index in [1.54, 1.807) is 18.5 Å². The van der Waals surface area contributed by atoms with E-state index < -0.39 is 35.2 Å². The van der Waals surface area contributed by atoms with Crippen molar-refractivity contribution >= 4 is 69.2 Å². The number of carbonyl (C=O) groups is 4. The molecule has 4 aliphatic rings. The number of hydrogen-bond acceptors (Lipinski definition) is 12. The van der Waals surface area contributed by atoms with Gasteiger partial charge in [-0.1, -0.05) is 18.0 Å². The lowest BCUT2D eigenvalue weighted by Gasteiger charge is -2.32. The molecule has 438 valence electrons. The molecule has 18 nitrogen and oxygen atoms in total. The van der Waals surface area contributed by atoms with Crippen LogP contribution in [0.4, 0.5) is 25.1 Å². The van der Waals surface area contributed by atoms with Crippen LogP contribution in [0.1, 0.15) is 155 Å². The maximum atomic E-state index is 16.2. The van der Waals surface area contributed by atoms with Crippen LogP contribution in [0, 0.1) is 29.3 Å². The number of carbonyl (C=O) groups excluding carboxylic acids is 4. The zero-order valence-corrected chi connectivity index (χ0v) is 47.9. The molecule has 4 amide bonds. The number of fused-ring (bicyclic) bond motifs is 2. The molecular weight excluding hydrogens is 1080 g/mol. The van der Waals surface area contributed by atoms with Gasteiger partial charge in [-0.15, -0.1) is 0 Å². The number of amides is 4. The zero-order valence-electron chi connectivity index (χ0n) is 47.1. The Balaban J connectivity index is 0.775. The molecule has 10 rings (SSSR count). The van der Waals surface area contributed by atoms with Crippen LogP contribution in [-0.4, -0.2) is 127 Å². The zero-order chi connectivity index (χ0) is 57.6. The molecule has 2 aliphatic heterocycles. The lowest BCUT2D eigenvalue weighted by atomic mass is 9.85. The van der Waals surface area contributed by atoms with Crippen molar-refractivity contribution in [3.63, 3.8) is 0 Å². The third kappa shape index (κ3) is 13.8. The Kier molecular flexibility index (Phi) is 18.6. The van der Waals surface area contributed by atoms with E-state index >= 15 is 8.78 Å². The van der Waals surface area contributed by atoms with Gasteiger partial charge >= 0.3 is 0 Å². The number of imidazole rings is 2. The van der Waals surface area contributed by atoms with Crippen molar-refractivity contribution in [1.29, 1.82) is 0 Å². The van der Waals surface area contributed by atoms with Gasteiger partial charge in [0.1, 0.15) is 41.7 Å². The van der Waals surface area contributed by atoms with Crippen molar-refractivity contribution < 1.29 is 41.8 Å². The highest BCUT2D eigenvalue weighted by atomic mass is 35.5. The van der Waals surface area contributed by atoms with Gasteiger partial charge in [0.05, 0.1) is 28.4 Å². The molecule has 2 aliphatic carbocycles. The number of piperidine rings is 2. The number of pyridine rings is 2. The van der Waals surface area contributed by atoms with E-state index in [0.717, 1.165) is 37.8 Å². The molecule has 0 unspecified atom stereocenters. The molecule has 2 saturated carbocycles. The first-order chi connectivity index (χ1) is 39.5. The number of benzene rings is 2. The molecule has 4 aromatic heterocycles. The van der Waals surface area contributed by atoms with Crippen LogP contribution < -0.4 is 30.7 Å². The van der Waals surface area contributed by atoms with Crippen molar-refractivity contribution in [1.82, 2.24) is 49.5 Å². The molecule has 2 aromatic carbocycles. The number of anilines is 2. The van der Waals surface area contributed by atoms with Crippen molar-refractivity contribution in [2.75, 3.05) is 63.1 Å². The van der Waals surface area contributed by atoms with Crippen LogP contribution in [0.3, 0.4) is 0 Å². The Morgan fingerprint density at radius 3 is 1.51 bits per heavy atom. The maximum Gasteiger partial charge on any atom is 0.258 e. The first-order valence-corrected chi connectivity index (χ1v) is 29.6. The summed E-state index contributed by atoms with van der Waals surface area (Å²) in [4.78, 5) is 76.5. The molecule has 82 heavy (non-hydrogen) atoms. The van der Waals surface area contributed by atoms with Crippen molar-refractivity contribution in [3.05, 3.63) is 94.0 Å². The average molecular weight is 1150 g/mol. The highest BCUT2D eigenvalue weighted by Gasteiger charge is 2.34. The Labute approximate surface area is 480 Å². The van der Waals surface area contributed by atoms with Gasteiger partial charge in [-0.2, -0.15) is 0 Å². The summed E-state index contributed by atoms with van der Waals surface area (Å²) in [5.74, 6) is -2.81. The molecule has 4 fully saturated rings. The normalized spacial score (nSPS) is 20.3. The number of nitrogens with zero attached hydrogens (tertiary/aromatic N) is 8. The van der Waals surface area contributed by atoms with Crippen LogP contribution in [0.15, 0.2) is 54.9 Å². The smallest absolute Gasteiger partial charge is 0.258 e. The van der Waals surface area contributed by atoms with E-state index in [0.29, 0.717) is 124 Å². The standard InChI is InChI=1S/C60H74ClF3N12O6/c1-35(2)67-55(77)38-8-13-42(14-9-38)75-50-31-53(66-33-48(50)69-59(75)71-57(79)40-12-17-45(62)44(61)28-40)82-27-25-74-22-18-37(19-23-74)54-46(63)29-41(30-47(54)64)58(80)72-60-70-49-34-65-52(81-26-24-73-20-6-5-7-21-73)32-51(49)76(60)43-15-10-39(11-16-43)56(78)68-36(3)4/h12,17,28-39,42-43H,5-11,13-16,18-27H2,1-4H3,(H,67,77)(H,68,78)(H,69,71,79)(H,70,72,80). The second-order valence-electron chi connectivity index (χ2n) is 23.1. The number of aromatic nitrogens is 6. The van der Waals surface area contributed by atoms with E-state index in [9.17, 15) is 23.6 Å². The molecule has 6 aromatic rings. The van der Waals surface area contributed by atoms with E-state index in [4.69, 9.17) is 31.0 Å². The lowest BCUT2D eigenvalue weighted by Crippen LogP contribution is -2.37. The van der Waals surface area contributed by atoms with Gasteiger partial charge in [0.15, 0.2) is 0 Å². The summed E-state index contributed by atoms with van der Waals surface area (Å²) in [6.07, 6.45) is 12.9. The molecule has 6 heterocycles. The Morgan fingerprint density at radius 2 is 1.05 bits per heavy atom.